The number of thioether (sulfide) groups is 1. The van der Waals surface area contributed by atoms with Crippen molar-refractivity contribution in [1.82, 2.24) is 14.9 Å². The van der Waals surface area contributed by atoms with Crippen LogP contribution in [0.3, 0.4) is 0 Å². The maximum Gasteiger partial charge on any atom is 0.251 e. The number of nitrogens with zero attached hydrogens (tertiary/aromatic N) is 2. The number of imidazole rings is 1. The number of allylic oxidation sites excluding steroid dienone is 1. The molecule has 0 aliphatic heterocycles. The van der Waals surface area contributed by atoms with Crippen LogP contribution in [0.15, 0.2) is 59.3 Å². The number of amides is 1. The topological polar surface area (TPSA) is 46.9 Å². The Morgan fingerprint density at radius 3 is 2.77 bits per heavy atom. The molecule has 0 saturated carbocycles. The SMILES string of the molecule is Cc1ccc(CSc2nc3ccc(C(=O)NCCC4=CCCCC4)cc3n2C)cc1. The summed E-state index contributed by atoms with van der Waals surface area (Å²) in [6.45, 7) is 2.80. The molecule has 1 N–H and O–H groups in total. The molecule has 0 unspecified atom stereocenters. The largest absolute Gasteiger partial charge is 0.352 e. The second kappa shape index (κ2) is 9.52. The van der Waals surface area contributed by atoms with Crippen LogP contribution in [-0.2, 0) is 12.8 Å². The van der Waals surface area contributed by atoms with Gasteiger partial charge in [0.05, 0.1) is 11.0 Å². The van der Waals surface area contributed by atoms with Crippen LogP contribution in [-0.4, -0.2) is 22.0 Å². The van der Waals surface area contributed by atoms with E-state index in [1.54, 1.807) is 11.8 Å². The number of fused-ring (bicyclic) bond motifs is 1. The molecular weight excluding hydrogens is 390 g/mol. The number of benzene rings is 2. The lowest BCUT2D eigenvalue weighted by Gasteiger charge is -2.13. The summed E-state index contributed by atoms with van der Waals surface area (Å²) in [6, 6.07) is 14.4. The van der Waals surface area contributed by atoms with Crippen molar-refractivity contribution in [1.29, 1.82) is 0 Å². The van der Waals surface area contributed by atoms with Gasteiger partial charge in [0.1, 0.15) is 0 Å². The number of nitrogens with one attached hydrogen (secondary N) is 1. The predicted molar refractivity (Wildman–Crippen MR) is 125 cm³/mol. The number of aryl methyl sites for hydroxylation is 2. The summed E-state index contributed by atoms with van der Waals surface area (Å²) in [5, 5.41) is 4.04. The van der Waals surface area contributed by atoms with Crippen LogP contribution in [0.25, 0.3) is 11.0 Å². The summed E-state index contributed by atoms with van der Waals surface area (Å²) in [6.07, 6.45) is 8.24. The molecule has 2 aromatic carbocycles. The van der Waals surface area contributed by atoms with Crippen molar-refractivity contribution in [3.05, 3.63) is 70.8 Å². The summed E-state index contributed by atoms with van der Waals surface area (Å²) in [4.78, 5) is 17.4. The van der Waals surface area contributed by atoms with Crippen molar-refractivity contribution >= 4 is 28.7 Å². The number of aromatic nitrogens is 2. The zero-order valence-corrected chi connectivity index (χ0v) is 18.6. The number of carbonyl (C=O) groups is 1. The van der Waals surface area contributed by atoms with E-state index in [0.29, 0.717) is 12.1 Å². The van der Waals surface area contributed by atoms with E-state index in [4.69, 9.17) is 4.98 Å². The monoisotopic (exact) mass is 419 g/mol. The van der Waals surface area contributed by atoms with Gasteiger partial charge in [-0.2, -0.15) is 0 Å². The molecule has 1 aromatic heterocycles. The Morgan fingerprint density at radius 1 is 1.17 bits per heavy atom. The van der Waals surface area contributed by atoms with E-state index in [0.717, 1.165) is 28.4 Å². The number of hydrogen-bond donors (Lipinski definition) is 1. The van der Waals surface area contributed by atoms with Gasteiger partial charge in [-0.3, -0.25) is 4.79 Å². The Bertz CT molecular complexity index is 1070. The second-order valence-corrected chi connectivity index (χ2v) is 8.99. The van der Waals surface area contributed by atoms with Crippen LogP contribution in [0.1, 0.15) is 53.6 Å². The van der Waals surface area contributed by atoms with Gasteiger partial charge in [-0.1, -0.05) is 53.2 Å². The van der Waals surface area contributed by atoms with E-state index in [1.165, 1.54) is 42.4 Å². The van der Waals surface area contributed by atoms with E-state index in [-0.39, 0.29) is 5.91 Å². The number of hydrogen-bond acceptors (Lipinski definition) is 3. The van der Waals surface area contributed by atoms with Gasteiger partial charge in [-0.05, 0) is 62.8 Å². The number of rotatable bonds is 7. The fraction of sp³-hybridized carbons (Fsp3) is 0.360. The van der Waals surface area contributed by atoms with Gasteiger partial charge in [0, 0.05) is 24.9 Å². The number of carbonyl (C=O) groups excluding carboxylic acids is 1. The van der Waals surface area contributed by atoms with Crippen molar-refractivity contribution < 1.29 is 4.79 Å². The van der Waals surface area contributed by atoms with Crippen molar-refractivity contribution in [3.63, 3.8) is 0 Å². The molecule has 1 amide bonds. The molecule has 156 valence electrons. The minimum absolute atomic E-state index is 0.0108. The molecule has 0 atom stereocenters. The second-order valence-electron chi connectivity index (χ2n) is 8.05. The minimum Gasteiger partial charge on any atom is -0.352 e. The molecule has 0 radical (unpaired) electrons. The molecule has 4 rings (SSSR count). The van der Waals surface area contributed by atoms with Crippen LogP contribution < -0.4 is 5.32 Å². The highest BCUT2D eigenvalue weighted by molar-refractivity contribution is 7.98. The van der Waals surface area contributed by atoms with Crippen LogP contribution in [0.5, 0.6) is 0 Å². The fourth-order valence-corrected chi connectivity index (χ4v) is 4.78. The van der Waals surface area contributed by atoms with Crippen molar-refractivity contribution in [2.45, 2.75) is 49.9 Å². The molecule has 1 aliphatic carbocycles. The third-order valence-electron chi connectivity index (χ3n) is 5.71. The van der Waals surface area contributed by atoms with Crippen LogP contribution >= 0.6 is 11.8 Å². The lowest BCUT2D eigenvalue weighted by molar-refractivity contribution is 0.0954. The van der Waals surface area contributed by atoms with Gasteiger partial charge in [0.15, 0.2) is 5.16 Å². The highest BCUT2D eigenvalue weighted by Gasteiger charge is 2.13. The van der Waals surface area contributed by atoms with E-state index >= 15 is 0 Å². The van der Waals surface area contributed by atoms with Gasteiger partial charge in [-0.15, -0.1) is 0 Å². The van der Waals surface area contributed by atoms with E-state index in [2.05, 4.69) is 47.1 Å². The first-order valence-corrected chi connectivity index (χ1v) is 11.7. The molecule has 0 saturated heterocycles. The standard InChI is InChI=1S/C25H29N3OS/c1-18-8-10-20(11-9-18)17-30-25-27-22-13-12-21(16-23(22)28(25)2)24(29)26-15-14-19-6-4-3-5-7-19/h6,8-13,16H,3-5,7,14-15,17H2,1-2H3,(H,26,29). The average molecular weight is 420 g/mol. The van der Waals surface area contributed by atoms with Gasteiger partial charge in [-0.25, -0.2) is 4.98 Å². The van der Waals surface area contributed by atoms with Gasteiger partial charge < -0.3 is 9.88 Å². The summed E-state index contributed by atoms with van der Waals surface area (Å²) in [5.74, 6) is 0.865. The van der Waals surface area contributed by atoms with Crippen LogP contribution in [0.4, 0.5) is 0 Å². The Morgan fingerprint density at radius 2 is 2.00 bits per heavy atom. The smallest absolute Gasteiger partial charge is 0.251 e. The first kappa shape index (κ1) is 20.7. The lowest BCUT2D eigenvalue weighted by Crippen LogP contribution is -2.24. The zero-order chi connectivity index (χ0) is 20.9. The third kappa shape index (κ3) is 4.96. The van der Waals surface area contributed by atoms with Gasteiger partial charge in [0.25, 0.3) is 5.91 Å². The highest BCUT2D eigenvalue weighted by atomic mass is 32.2. The van der Waals surface area contributed by atoms with E-state index in [9.17, 15) is 4.79 Å². The first-order valence-electron chi connectivity index (χ1n) is 10.7. The highest BCUT2D eigenvalue weighted by Crippen LogP contribution is 2.26. The Kier molecular flexibility index (Phi) is 6.58. The van der Waals surface area contributed by atoms with Crippen LogP contribution in [0.2, 0.25) is 0 Å². The Labute approximate surface area is 182 Å². The molecule has 0 bridgehead atoms. The fourth-order valence-electron chi connectivity index (χ4n) is 3.84. The summed E-state index contributed by atoms with van der Waals surface area (Å²) < 4.78 is 2.08. The zero-order valence-electron chi connectivity index (χ0n) is 17.8. The maximum absolute atomic E-state index is 12.6. The van der Waals surface area contributed by atoms with Crippen molar-refractivity contribution in [2.24, 2.45) is 7.05 Å². The van der Waals surface area contributed by atoms with E-state index in [1.807, 2.05) is 25.2 Å². The van der Waals surface area contributed by atoms with Gasteiger partial charge >= 0.3 is 0 Å². The third-order valence-corrected chi connectivity index (χ3v) is 6.81. The molecule has 3 aromatic rings. The Balaban J connectivity index is 1.40. The van der Waals surface area contributed by atoms with Crippen LogP contribution in [0, 0.1) is 6.92 Å². The minimum atomic E-state index is -0.0108. The van der Waals surface area contributed by atoms with Crippen molar-refractivity contribution in [3.8, 4) is 0 Å². The molecule has 5 heteroatoms. The normalized spacial score (nSPS) is 14.0. The molecular formula is C25H29N3OS. The van der Waals surface area contributed by atoms with E-state index < -0.39 is 0 Å². The molecule has 1 aliphatic rings. The quantitative estimate of drug-likeness (QED) is 0.389. The molecule has 4 nitrogen and oxygen atoms in total. The first-order chi connectivity index (χ1) is 14.6. The van der Waals surface area contributed by atoms with Crippen molar-refractivity contribution in [2.75, 3.05) is 6.54 Å². The van der Waals surface area contributed by atoms with Gasteiger partial charge in [0.2, 0.25) is 0 Å². The summed E-state index contributed by atoms with van der Waals surface area (Å²) >= 11 is 1.72. The summed E-state index contributed by atoms with van der Waals surface area (Å²) in [5.41, 5.74) is 6.65. The molecule has 30 heavy (non-hydrogen) atoms. The maximum atomic E-state index is 12.6. The average Bonchev–Trinajstić information content (AvgIpc) is 3.09. The molecule has 0 fully saturated rings. The molecule has 0 spiro atoms. The predicted octanol–water partition coefficient (Wildman–Crippen LogP) is 5.79. The molecule has 1 heterocycles. The Hall–Kier alpha value is -2.53. The lowest BCUT2D eigenvalue weighted by atomic mass is 9.97. The summed E-state index contributed by atoms with van der Waals surface area (Å²) in [7, 11) is 2.02.